The normalized spacial score (nSPS) is 17.7. The molecule has 2 nitrogen and oxygen atoms in total. The summed E-state index contributed by atoms with van der Waals surface area (Å²) in [4.78, 5) is 0. The van der Waals surface area contributed by atoms with Gasteiger partial charge in [-0.05, 0) is 60.4 Å². The van der Waals surface area contributed by atoms with E-state index >= 15 is 0 Å². The van der Waals surface area contributed by atoms with Gasteiger partial charge in [0.1, 0.15) is 5.82 Å². The fourth-order valence-corrected chi connectivity index (χ4v) is 5.39. The number of aromatic nitrogens is 1. The lowest BCUT2D eigenvalue weighted by Gasteiger charge is -2.31. The first-order valence-electron chi connectivity index (χ1n) is 10.4. The number of allylic oxidation sites excluding steroid dienone is 1. The van der Waals surface area contributed by atoms with Gasteiger partial charge in [-0.3, -0.25) is 0 Å². The molecule has 30 heavy (non-hydrogen) atoms. The number of pyridine rings is 1. The van der Waals surface area contributed by atoms with Crippen molar-refractivity contribution in [2.24, 2.45) is 0 Å². The van der Waals surface area contributed by atoms with Crippen LogP contribution in [-0.2, 0) is 0 Å². The molecule has 5 rings (SSSR count). The van der Waals surface area contributed by atoms with Crippen LogP contribution in [0.4, 0.5) is 4.39 Å². The molecule has 1 aromatic heterocycles. The van der Waals surface area contributed by atoms with Crippen LogP contribution in [0.25, 0.3) is 32.8 Å². The van der Waals surface area contributed by atoms with Crippen LogP contribution in [0.5, 0.6) is 0 Å². The number of aliphatic hydroxyl groups excluding tert-OH is 1. The molecule has 1 aliphatic heterocycles. The average Bonchev–Trinajstić information content (AvgIpc) is 2.73. The van der Waals surface area contributed by atoms with Crippen LogP contribution >= 0.6 is 0 Å². The fraction of sp³-hybridized carbons (Fsp3) is 0.222. The fourth-order valence-electron chi connectivity index (χ4n) is 5.39. The molecule has 0 aliphatic carbocycles. The Hall–Kier alpha value is -3.04. The van der Waals surface area contributed by atoms with Gasteiger partial charge in [-0.15, -0.1) is 0 Å². The molecule has 3 heteroatoms. The minimum absolute atomic E-state index is 0.0225. The second kappa shape index (κ2) is 7.03. The summed E-state index contributed by atoms with van der Waals surface area (Å²) in [5, 5.41) is 13.5. The average molecular weight is 399 g/mol. The van der Waals surface area contributed by atoms with Gasteiger partial charge in [0, 0.05) is 18.1 Å². The highest BCUT2D eigenvalue weighted by molar-refractivity contribution is 6.13. The number of benzene rings is 3. The summed E-state index contributed by atoms with van der Waals surface area (Å²) in [7, 11) is 0. The van der Waals surface area contributed by atoms with Crippen molar-refractivity contribution in [3.05, 3.63) is 89.9 Å². The third-order valence-corrected chi connectivity index (χ3v) is 6.52. The van der Waals surface area contributed by atoms with Gasteiger partial charge >= 0.3 is 0 Å². The Morgan fingerprint density at radius 3 is 2.70 bits per heavy atom. The van der Waals surface area contributed by atoms with Crippen LogP contribution in [-0.4, -0.2) is 11.7 Å². The number of aliphatic hydroxyl groups is 1. The van der Waals surface area contributed by atoms with Crippen molar-refractivity contribution in [2.75, 3.05) is 6.61 Å². The number of nitrogens with zero attached hydrogens (tertiary/aromatic N) is 1. The Labute approximate surface area is 175 Å². The monoisotopic (exact) mass is 398 g/mol. The van der Waals surface area contributed by atoms with Gasteiger partial charge in [-0.2, -0.15) is 4.57 Å². The Bertz CT molecular complexity index is 1320. The number of rotatable bonds is 3. The lowest BCUT2D eigenvalue weighted by Crippen LogP contribution is -2.47. The molecule has 3 aromatic carbocycles. The highest BCUT2D eigenvalue weighted by Crippen LogP contribution is 2.45. The molecule has 0 spiro atoms. The molecular formula is C27H25FNO+. The van der Waals surface area contributed by atoms with E-state index in [0.29, 0.717) is 11.8 Å². The van der Waals surface area contributed by atoms with Crippen LogP contribution < -0.4 is 4.57 Å². The van der Waals surface area contributed by atoms with Crippen molar-refractivity contribution >= 4 is 21.5 Å². The largest absolute Gasteiger partial charge is 0.396 e. The zero-order chi connectivity index (χ0) is 21.0. The van der Waals surface area contributed by atoms with E-state index in [1.54, 1.807) is 6.07 Å². The highest BCUT2D eigenvalue weighted by Gasteiger charge is 2.40. The summed E-state index contributed by atoms with van der Waals surface area (Å²) in [6, 6.07) is 15.7. The second-order valence-corrected chi connectivity index (χ2v) is 8.32. The minimum Gasteiger partial charge on any atom is -0.396 e. The van der Waals surface area contributed by atoms with Gasteiger partial charge in [0.15, 0.2) is 12.2 Å². The van der Waals surface area contributed by atoms with E-state index in [9.17, 15) is 9.50 Å². The molecule has 0 fully saturated rings. The van der Waals surface area contributed by atoms with Crippen LogP contribution in [0.15, 0.2) is 67.4 Å². The molecule has 0 amide bonds. The van der Waals surface area contributed by atoms with E-state index in [0.717, 1.165) is 21.9 Å². The number of aryl methyl sites for hydroxylation is 2. The topological polar surface area (TPSA) is 24.1 Å². The van der Waals surface area contributed by atoms with E-state index < -0.39 is 0 Å². The molecule has 0 radical (unpaired) electrons. The van der Waals surface area contributed by atoms with Crippen LogP contribution in [0.1, 0.15) is 35.1 Å². The van der Waals surface area contributed by atoms with Crippen LogP contribution in [0.3, 0.4) is 0 Å². The van der Waals surface area contributed by atoms with Crippen molar-refractivity contribution in [3.8, 4) is 11.3 Å². The molecule has 2 unspecified atom stereocenters. The number of hydrogen-bond acceptors (Lipinski definition) is 1. The molecule has 2 heterocycles. The highest BCUT2D eigenvalue weighted by atomic mass is 19.1. The van der Waals surface area contributed by atoms with Crippen molar-refractivity contribution < 1.29 is 14.1 Å². The van der Waals surface area contributed by atoms with Gasteiger partial charge in [0.2, 0.25) is 5.69 Å². The van der Waals surface area contributed by atoms with Crippen molar-refractivity contribution in [3.63, 3.8) is 0 Å². The SMILES string of the molecule is C=CC1C(CCO)c2c(C)cc(C)cc2-c2c3c(ccc4c(F)cccc43)cc[n+]21. The van der Waals surface area contributed by atoms with Gasteiger partial charge in [0.25, 0.3) is 0 Å². The van der Waals surface area contributed by atoms with Crippen molar-refractivity contribution in [1.82, 2.24) is 0 Å². The minimum atomic E-state index is -0.202. The van der Waals surface area contributed by atoms with E-state index in [-0.39, 0.29) is 24.4 Å². The van der Waals surface area contributed by atoms with Gasteiger partial charge < -0.3 is 5.11 Å². The molecule has 0 saturated heterocycles. The van der Waals surface area contributed by atoms with Gasteiger partial charge in [-0.1, -0.05) is 42.5 Å². The predicted molar refractivity (Wildman–Crippen MR) is 120 cm³/mol. The second-order valence-electron chi connectivity index (χ2n) is 8.32. The zero-order valence-corrected chi connectivity index (χ0v) is 17.3. The first-order valence-corrected chi connectivity index (χ1v) is 10.4. The Morgan fingerprint density at radius 2 is 1.93 bits per heavy atom. The predicted octanol–water partition coefficient (Wildman–Crippen LogP) is 5.91. The van der Waals surface area contributed by atoms with E-state index in [2.05, 4.69) is 49.4 Å². The maximum Gasteiger partial charge on any atom is 0.221 e. The van der Waals surface area contributed by atoms with E-state index in [1.807, 2.05) is 24.3 Å². The first kappa shape index (κ1) is 19.0. The molecule has 0 saturated carbocycles. The third kappa shape index (κ3) is 2.62. The third-order valence-electron chi connectivity index (χ3n) is 6.52. The quantitative estimate of drug-likeness (QED) is 0.259. The van der Waals surface area contributed by atoms with Gasteiger partial charge in [0.05, 0.1) is 16.9 Å². The Morgan fingerprint density at radius 1 is 1.10 bits per heavy atom. The Kier molecular flexibility index (Phi) is 4.44. The summed E-state index contributed by atoms with van der Waals surface area (Å²) in [5.41, 5.74) is 5.96. The summed E-state index contributed by atoms with van der Waals surface area (Å²) >= 11 is 0. The Balaban J connectivity index is 2.00. The van der Waals surface area contributed by atoms with E-state index in [1.165, 1.54) is 28.3 Å². The maximum atomic E-state index is 14.6. The molecule has 150 valence electrons. The zero-order valence-electron chi connectivity index (χ0n) is 17.3. The molecular weight excluding hydrogens is 373 g/mol. The summed E-state index contributed by atoms with van der Waals surface area (Å²) < 4.78 is 16.9. The summed E-state index contributed by atoms with van der Waals surface area (Å²) in [5.74, 6) is -0.0587. The number of fused-ring (bicyclic) bond motifs is 7. The van der Waals surface area contributed by atoms with Crippen molar-refractivity contribution in [1.29, 1.82) is 0 Å². The standard InChI is InChI=1S/C27H25FNO/c1-4-24-21(11-13-30)25-17(3)14-16(2)15-22(25)27-26-18(10-12-29(24)27)8-9-19-20(26)6-5-7-23(19)28/h4-10,12,14-15,21,24,30H,1,11,13H2,2-3H3/q+1. The lowest BCUT2D eigenvalue weighted by molar-refractivity contribution is -0.706. The molecule has 2 atom stereocenters. The lowest BCUT2D eigenvalue weighted by atomic mass is 9.77. The molecule has 0 bridgehead atoms. The first-order chi connectivity index (χ1) is 14.5. The molecule has 4 aromatic rings. The molecule has 1 aliphatic rings. The summed E-state index contributed by atoms with van der Waals surface area (Å²) in [6.07, 6.45) is 4.76. The van der Waals surface area contributed by atoms with Crippen molar-refractivity contribution in [2.45, 2.75) is 32.2 Å². The number of hydrogen-bond donors (Lipinski definition) is 1. The number of halogens is 1. The summed E-state index contributed by atoms with van der Waals surface area (Å²) in [6.45, 7) is 8.51. The van der Waals surface area contributed by atoms with Crippen LogP contribution in [0, 0.1) is 19.7 Å². The van der Waals surface area contributed by atoms with Gasteiger partial charge in [-0.25, -0.2) is 4.39 Å². The van der Waals surface area contributed by atoms with E-state index in [4.69, 9.17) is 0 Å². The smallest absolute Gasteiger partial charge is 0.221 e. The van der Waals surface area contributed by atoms with Crippen LogP contribution in [0.2, 0.25) is 0 Å². The maximum absolute atomic E-state index is 14.6. The molecule has 1 N–H and O–H groups in total.